The fourth-order valence-electron chi connectivity index (χ4n) is 1.49. The van der Waals surface area contributed by atoms with Crippen molar-refractivity contribution in [3.63, 3.8) is 0 Å². The fourth-order valence-corrected chi connectivity index (χ4v) is 2.11. The number of esters is 1. The van der Waals surface area contributed by atoms with Gasteiger partial charge in [0.2, 0.25) is 0 Å². The summed E-state index contributed by atoms with van der Waals surface area (Å²) >= 11 is 0. The first kappa shape index (κ1) is 15.3. The standard InChI is InChI=1S/C16H20O2Si/c1-18-16(17)12-11-15-9-6-5-8-14(15)10-7-13-19(2,3)4/h5-6,8-9,11-12H,10H2,1-4H3/b12-11+. The molecule has 1 aromatic carbocycles. The van der Waals surface area contributed by atoms with E-state index in [1.807, 2.05) is 24.3 Å². The van der Waals surface area contributed by atoms with Gasteiger partial charge in [0.15, 0.2) is 0 Å². The lowest BCUT2D eigenvalue weighted by atomic mass is 10.0. The molecule has 1 aromatic rings. The van der Waals surface area contributed by atoms with Gasteiger partial charge in [-0.1, -0.05) is 43.9 Å². The van der Waals surface area contributed by atoms with Gasteiger partial charge in [0.05, 0.1) is 7.11 Å². The second kappa shape index (κ2) is 6.96. The Balaban J connectivity index is 2.87. The summed E-state index contributed by atoms with van der Waals surface area (Å²) in [4.78, 5) is 11.1. The second-order valence-electron chi connectivity index (χ2n) is 5.28. The van der Waals surface area contributed by atoms with E-state index in [0.717, 1.165) is 11.1 Å². The van der Waals surface area contributed by atoms with Crippen molar-refractivity contribution in [1.29, 1.82) is 0 Å². The third-order valence-electron chi connectivity index (χ3n) is 2.40. The van der Waals surface area contributed by atoms with Crippen molar-refractivity contribution in [1.82, 2.24) is 0 Å². The SMILES string of the molecule is COC(=O)/C=C/c1ccccc1CC#C[Si](C)(C)C. The first-order valence-electron chi connectivity index (χ1n) is 6.26. The van der Waals surface area contributed by atoms with Crippen molar-refractivity contribution in [3.8, 4) is 11.5 Å². The van der Waals surface area contributed by atoms with E-state index in [9.17, 15) is 4.79 Å². The molecule has 0 unspecified atom stereocenters. The van der Waals surface area contributed by atoms with Crippen LogP contribution in [0.5, 0.6) is 0 Å². The van der Waals surface area contributed by atoms with Crippen molar-refractivity contribution in [2.24, 2.45) is 0 Å². The van der Waals surface area contributed by atoms with Crippen LogP contribution in [0.25, 0.3) is 6.08 Å². The minimum atomic E-state index is -1.32. The van der Waals surface area contributed by atoms with Gasteiger partial charge in [-0.25, -0.2) is 4.79 Å². The van der Waals surface area contributed by atoms with E-state index >= 15 is 0 Å². The third-order valence-corrected chi connectivity index (χ3v) is 3.32. The summed E-state index contributed by atoms with van der Waals surface area (Å²) in [6.07, 6.45) is 3.92. The van der Waals surface area contributed by atoms with Crippen molar-refractivity contribution in [2.45, 2.75) is 26.1 Å². The molecule has 3 heteroatoms. The zero-order valence-corrected chi connectivity index (χ0v) is 13.0. The average Bonchev–Trinajstić information content (AvgIpc) is 2.35. The van der Waals surface area contributed by atoms with Gasteiger partial charge in [-0.15, -0.1) is 11.5 Å². The van der Waals surface area contributed by atoms with Gasteiger partial charge in [0.25, 0.3) is 0 Å². The molecule has 19 heavy (non-hydrogen) atoms. The lowest BCUT2D eigenvalue weighted by Crippen LogP contribution is -2.16. The molecule has 2 nitrogen and oxygen atoms in total. The highest BCUT2D eigenvalue weighted by Gasteiger charge is 2.07. The molecular weight excluding hydrogens is 252 g/mol. The summed E-state index contributed by atoms with van der Waals surface area (Å²) < 4.78 is 4.59. The van der Waals surface area contributed by atoms with E-state index in [0.29, 0.717) is 6.42 Å². The summed E-state index contributed by atoms with van der Waals surface area (Å²) in [5, 5.41) is 0. The topological polar surface area (TPSA) is 26.3 Å². The minimum Gasteiger partial charge on any atom is -0.466 e. The Kier molecular flexibility index (Phi) is 5.59. The van der Waals surface area contributed by atoms with Crippen molar-refractivity contribution in [3.05, 3.63) is 41.5 Å². The highest BCUT2D eigenvalue weighted by atomic mass is 28.3. The van der Waals surface area contributed by atoms with Crippen molar-refractivity contribution < 1.29 is 9.53 Å². The highest BCUT2D eigenvalue weighted by Crippen LogP contribution is 2.11. The van der Waals surface area contributed by atoms with E-state index in [1.54, 1.807) is 6.08 Å². The first-order valence-corrected chi connectivity index (χ1v) is 9.76. The van der Waals surface area contributed by atoms with Crippen LogP contribution in [-0.4, -0.2) is 21.2 Å². The normalized spacial score (nSPS) is 10.9. The number of carbonyl (C=O) groups excluding carboxylic acids is 1. The first-order chi connectivity index (χ1) is 8.92. The van der Waals surface area contributed by atoms with E-state index in [1.165, 1.54) is 13.2 Å². The predicted molar refractivity (Wildman–Crippen MR) is 82.3 cm³/mol. The molecule has 0 saturated carbocycles. The summed E-state index contributed by atoms with van der Waals surface area (Å²) in [6, 6.07) is 7.95. The molecule has 100 valence electrons. The van der Waals surface area contributed by atoms with E-state index in [4.69, 9.17) is 0 Å². The van der Waals surface area contributed by atoms with E-state index in [2.05, 4.69) is 35.8 Å². The molecule has 0 atom stereocenters. The van der Waals surface area contributed by atoms with Crippen LogP contribution < -0.4 is 0 Å². The number of methoxy groups -OCH3 is 1. The summed E-state index contributed by atoms with van der Waals surface area (Å²) in [5.74, 6) is 2.90. The largest absolute Gasteiger partial charge is 0.466 e. The molecule has 0 fully saturated rings. The molecule has 0 aliphatic rings. The summed E-state index contributed by atoms with van der Waals surface area (Å²) in [6.45, 7) is 6.68. The Morgan fingerprint density at radius 3 is 2.63 bits per heavy atom. The average molecular weight is 272 g/mol. The highest BCUT2D eigenvalue weighted by molar-refractivity contribution is 6.83. The minimum absolute atomic E-state index is 0.344. The maximum absolute atomic E-state index is 11.1. The number of hydrogen-bond acceptors (Lipinski definition) is 2. The van der Waals surface area contributed by atoms with Gasteiger partial charge in [0, 0.05) is 12.5 Å². The predicted octanol–water partition coefficient (Wildman–Crippen LogP) is 3.30. The fraction of sp³-hybridized carbons (Fsp3) is 0.312. The zero-order chi connectivity index (χ0) is 14.3. The van der Waals surface area contributed by atoms with Gasteiger partial charge in [-0.2, -0.15) is 0 Å². The van der Waals surface area contributed by atoms with Gasteiger partial charge < -0.3 is 4.74 Å². The number of benzene rings is 1. The molecule has 0 amide bonds. The lowest BCUT2D eigenvalue weighted by Gasteiger charge is -2.05. The smallest absolute Gasteiger partial charge is 0.330 e. The zero-order valence-electron chi connectivity index (χ0n) is 12.0. The van der Waals surface area contributed by atoms with Crippen LogP contribution in [0.3, 0.4) is 0 Å². The van der Waals surface area contributed by atoms with Crippen molar-refractivity contribution >= 4 is 20.1 Å². The Labute approximate surface area is 116 Å². The van der Waals surface area contributed by atoms with E-state index < -0.39 is 8.07 Å². The number of rotatable bonds is 3. The molecule has 1 rings (SSSR count). The molecule has 0 aromatic heterocycles. The maximum atomic E-state index is 11.1. The quantitative estimate of drug-likeness (QED) is 0.365. The molecule has 0 radical (unpaired) electrons. The molecule has 0 saturated heterocycles. The monoisotopic (exact) mass is 272 g/mol. The van der Waals surface area contributed by atoms with Crippen LogP contribution in [0.2, 0.25) is 19.6 Å². The molecule has 0 spiro atoms. The Morgan fingerprint density at radius 2 is 2.00 bits per heavy atom. The lowest BCUT2D eigenvalue weighted by molar-refractivity contribution is -0.134. The molecule has 0 aliphatic carbocycles. The Hall–Kier alpha value is -1.79. The Morgan fingerprint density at radius 1 is 1.32 bits per heavy atom. The van der Waals surface area contributed by atoms with E-state index in [-0.39, 0.29) is 5.97 Å². The molecule has 0 aliphatic heterocycles. The Bertz CT molecular complexity index is 528. The number of carbonyl (C=O) groups is 1. The maximum Gasteiger partial charge on any atom is 0.330 e. The number of hydrogen-bond donors (Lipinski definition) is 0. The second-order valence-corrected chi connectivity index (χ2v) is 10.0. The van der Waals surface area contributed by atoms with Crippen LogP contribution in [-0.2, 0) is 16.0 Å². The van der Waals surface area contributed by atoms with Gasteiger partial charge >= 0.3 is 5.97 Å². The van der Waals surface area contributed by atoms with Crippen LogP contribution >= 0.6 is 0 Å². The van der Waals surface area contributed by atoms with Crippen LogP contribution in [0.4, 0.5) is 0 Å². The third kappa shape index (κ3) is 6.07. The van der Waals surface area contributed by atoms with Crippen LogP contribution in [0.1, 0.15) is 11.1 Å². The van der Waals surface area contributed by atoms with Crippen LogP contribution in [0.15, 0.2) is 30.3 Å². The summed E-state index contributed by atoms with van der Waals surface area (Å²) in [5.41, 5.74) is 5.49. The van der Waals surface area contributed by atoms with Gasteiger partial charge in [0.1, 0.15) is 8.07 Å². The molecular formula is C16H20O2Si. The summed E-state index contributed by atoms with van der Waals surface area (Å²) in [7, 11) is 0.0492. The van der Waals surface area contributed by atoms with Gasteiger partial charge in [-0.05, 0) is 17.2 Å². The van der Waals surface area contributed by atoms with Crippen molar-refractivity contribution in [2.75, 3.05) is 7.11 Å². The molecule has 0 N–H and O–H groups in total. The molecule has 0 heterocycles. The van der Waals surface area contributed by atoms with Gasteiger partial charge in [-0.3, -0.25) is 0 Å². The molecule has 0 bridgehead atoms. The number of ether oxygens (including phenoxy) is 1. The van der Waals surface area contributed by atoms with Crippen LogP contribution in [0, 0.1) is 11.5 Å².